The van der Waals surface area contributed by atoms with Crippen LogP contribution in [0, 0.1) is 5.92 Å². The molecular weight excluding hydrogens is 262 g/mol. The monoisotopic (exact) mass is 287 g/mol. The average Bonchev–Trinajstić information content (AvgIpc) is 2.85. The van der Waals surface area contributed by atoms with Crippen LogP contribution < -0.4 is 0 Å². The number of aliphatic hydroxyl groups excluding tert-OH is 1. The third-order valence-corrected chi connectivity index (χ3v) is 3.80. The first-order valence-corrected chi connectivity index (χ1v) is 7.46. The zero-order valence-corrected chi connectivity index (χ0v) is 13.1. The lowest BCUT2D eigenvalue weighted by molar-refractivity contribution is 0.0784. The van der Waals surface area contributed by atoms with Gasteiger partial charge in [-0.15, -0.1) is 0 Å². The zero-order valence-electron chi connectivity index (χ0n) is 13.1. The summed E-state index contributed by atoms with van der Waals surface area (Å²) in [6.07, 6.45) is 3.93. The van der Waals surface area contributed by atoms with Crippen LogP contribution in [0.3, 0.4) is 0 Å². The van der Waals surface area contributed by atoms with E-state index in [0.29, 0.717) is 5.92 Å². The van der Waals surface area contributed by atoms with E-state index >= 15 is 0 Å². The van der Waals surface area contributed by atoms with Gasteiger partial charge in [0.05, 0.1) is 12.8 Å². The number of benzene rings is 1. The maximum atomic E-state index is 9.77. The molecule has 0 amide bonds. The van der Waals surface area contributed by atoms with Crippen LogP contribution in [-0.4, -0.2) is 32.4 Å². The average molecular weight is 287 g/mol. The summed E-state index contributed by atoms with van der Waals surface area (Å²) in [6, 6.07) is 10.5. The molecule has 21 heavy (non-hydrogen) atoms. The third-order valence-electron chi connectivity index (χ3n) is 3.80. The lowest BCUT2D eigenvalue weighted by atomic mass is 10.0. The highest BCUT2D eigenvalue weighted by Gasteiger charge is 2.22. The predicted octanol–water partition coefficient (Wildman–Crippen LogP) is 2.44. The molecule has 4 nitrogen and oxygen atoms in total. The van der Waals surface area contributed by atoms with Crippen molar-refractivity contribution in [2.24, 2.45) is 13.0 Å². The highest BCUT2D eigenvalue weighted by Crippen LogP contribution is 2.18. The van der Waals surface area contributed by atoms with Gasteiger partial charge in [0, 0.05) is 37.9 Å². The lowest BCUT2D eigenvalue weighted by Gasteiger charge is -2.33. The Kier molecular flexibility index (Phi) is 5.53. The fourth-order valence-electron chi connectivity index (χ4n) is 2.64. The van der Waals surface area contributed by atoms with Gasteiger partial charge in [-0.1, -0.05) is 44.2 Å². The largest absolute Gasteiger partial charge is 0.395 e. The van der Waals surface area contributed by atoms with E-state index in [1.807, 2.05) is 30.2 Å². The minimum Gasteiger partial charge on any atom is -0.395 e. The summed E-state index contributed by atoms with van der Waals surface area (Å²) < 4.78 is 1.82. The quantitative estimate of drug-likeness (QED) is 0.850. The molecule has 0 spiro atoms. The van der Waals surface area contributed by atoms with Crippen molar-refractivity contribution < 1.29 is 5.11 Å². The zero-order chi connectivity index (χ0) is 15.2. The van der Waals surface area contributed by atoms with Crippen LogP contribution >= 0.6 is 0 Å². The van der Waals surface area contributed by atoms with Gasteiger partial charge in [0.2, 0.25) is 0 Å². The van der Waals surface area contributed by atoms with Crippen LogP contribution in [-0.2, 0) is 20.1 Å². The summed E-state index contributed by atoms with van der Waals surface area (Å²) in [6.45, 7) is 6.11. The van der Waals surface area contributed by atoms with Crippen LogP contribution in [0.1, 0.15) is 25.0 Å². The van der Waals surface area contributed by atoms with E-state index in [2.05, 4.69) is 48.1 Å². The summed E-state index contributed by atoms with van der Waals surface area (Å²) in [5.41, 5.74) is 2.44. The highest BCUT2D eigenvalue weighted by molar-refractivity contribution is 5.15. The van der Waals surface area contributed by atoms with Crippen LogP contribution in [0.2, 0.25) is 0 Å². The van der Waals surface area contributed by atoms with Gasteiger partial charge in [-0.2, -0.15) is 5.10 Å². The van der Waals surface area contributed by atoms with Crippen LogP contribution in [0.4, 0.5) is 0 Å². The number of aromatic nitrogens is 2. The molecule has 2 rings (SSSR count). The summed E-state index contributed by atoms with van der Waals surface area (Å²) >= 11 is 0. The molecule has 0 aliphatic heterocycles. The van der Waals surface area contributed by atoms with Gasteiger partial charge in [0.15, 0.2) is 0 Å². The van der Waals surface area contributed by atoms with E-state index in [1.165, 1.54) is 11.1 Å². The number of nitrogens with zero attached hydrogens (tertiary/aromatic N) is 3. The van der Waals surface area contributed by atoms with Gasteiger partial charge in [-0.05, 0) is 11.5 Å². The van der Waals surface area contributed by atoms with Gasteiger partial charge in [-0.3, -0.25) is 9.58 Å². The van der Waals surface area contributed by atoms with Crippen LogP contribution in [0.5, 0.6) is 0 Å². The Balaban J connectivity index is 2.16. The molecule has 2 aromatic rings. The van der Waals surface area contributed by atoms with Gasteiger partial charge in [0.1, 0.15) is 0 Å². The fourth-order valence-corrected chi connectivity index (χ4v) is 2.64. The molecule has 114 valence electrons. The molecule has 1 N–H and O–H groups in total. The van der Waals surface area contributed by atoms with Gasteiger partial charge in [-0.25, -0.2) is 0 Å². The maximum absolute atomic E-state index is 9.77. The van der Waals surface area contributed by atoms with Crippen molar-refractivity contribution in [2.75, 3.05) is 6.61 Å². The van der Waals surface area contributed by atoms with Crippen molar-refractivity contribution in [3.8, 4) is 0 Å². The molecule has 1 aromatic heterocycles. The molecule has 0 saturated carbocycles. The second-order valence-corrected chi connectivity index (χ2v) is 5.91. The van der Waals surface area contributed by atoms with Crippen molar-refractivity contribution in [3.05, 3.63) is 53.9 Å². The molecule has 0 bridgehead atoms. The molecule has 0 aliphatic carbocycles. The standard InChI is InChI=1S/C17H25N3O/c1-14(2)17(13-21)20(11-15-7-5-4-6-8-15)12-16-9-18-19(3)10-16/h4-10,14,17,21H,11-13H2,1-3H3. The van der Waals surface area contributed by atoms with Crippen molar-refractivity contribution in [1.29, 1.82) is 0 Å². The molecule has 1 aromatic carbocycles. The van der Waals surface area contributed by atoms with E-state index in [-0.39, 0.29) is 12.6 Å². The van der Waals surface area contributed by atoms with E-state index in [9.17, 15) is 5.11 Å². The molecule has 0 aliphatic rings. The van der Waals surface area contributed by atoms with Crippen molar-refractivity contribution in [3.63, 3.8) is 0 Å². The predicted molar refractivity (Wildman–Crippen MR) is 84.6 cm³/mol. The molecule has 1 heterocycles. The summed E-state index contributed by atoms with van der Waals surface area (Å²) in [5, 5.41) is 14.0. The Morgan fingerprint density at radius 1 is 1.14 bits per heavy atom. The minimum absolute atomic E-state index is 0.144. The summed E-state index contributed by atoms with van der Waals surface area (Å²) in [4.78, 5) is 2.33. The molecule has 0 saturated heterocycles. The summed E-state index contributed by atoms with van der Waals surface area (Å²) in [7, 11) is 1.93. The number of hydrogen-bond donors (Lipinski definition) is 1. The van der Waals surface area contributed by atoms with Gasteiger partial charge < -0.3 is 5.11 Å². The normalized spacial score (nSPS) is 13.0. The third kappa shape index (κ3) is 4.41. The Labute approximate surface area is 127 Å². The number of hydrogen-bond acceptors (Lipinski definition) is 3. The van der Waals surface area contributed by atoms with E-state index in [0.717, 1.165) is 13.1 Å². The Morgan fingerprint density at radius 2 is 1.81 bits per heavy atom. The second-order valence-electron chi connectivity index (χ2n) is 5.91. The maximum Gasteiger partial charge on any atom is 0.0589 e. The van der Waals surface area contributed by atoms with E-state index in [4.69, 9.17) is 0 Å². The molecule has 4 heteroatoms. The molecule has 0 radical (unpaired) electrons. The van der Waals surface area contributed by atoms with E-state index < -0.39 is 0 Å². The number of aryl methyl sites for hydroxylation is 1. The Morgan fingerprint density at radius 3 is 2.33 bits per heavy atom. The van der Waals surface area contributed by atoms with Crippen molar-refractivity contribution in [2.45, 2.75) is 33.0 Å². The highest BCUT2D eigenvalue weighted by atomic mass is 16.3. The van der Waals surface area contributed by atoms with Gasteiger partial charge in [0.25, 0.3) is 0 Å². The summed E-state index contributed by atoms with van der Waals surface area (Å²) in [5.74, 6) is 0.399. The van der Waals surface area contributed by atoms with Gasteiger partial charge >= 0.3 is 0 Å². The molecule has 1 unspecified atom stereocenters. The first-order chi connectivity index (χ1) is 10.1. The molecular formula is C17H25N3O. The Bertz CT molecular complexity index is 536. The topological polar surface area (TPSA) is 41.3 Å². The smallest absolute Gasteiger partial charge is 0.0589 e. The van der Waals surface area contributed by atoms with Crippen molar-refractivity contribution in [1.82, 2.24) is 14.7 Å². The van der Waals surface area contributed by atoms with E-state index in [1.54, 1.807) is 0 Å². The second kappa shape index (κ2) is 7.38. The lowest BCUT2D eigenvalue weighted by Crippen LogP contribution is -2.40. The van der Waals surface area contributed by atoms with Crippen molar-refractivity contribution >= 4 is 0 Å². The SMILES string of the molecule is CC(C)C(CO)N(Cc1ccccc1)Cc1cnn(C)c1. The van der Waals surface area contributed by atoms with Crippen LogP contribution in [0.15, 0.2) is 42.7 Å². The first kappa shape index (κ1) is 15.7. The molecule has 1 atom stereocenters. The minimum atomic E-state index is 0.144. The molecule has 0 fully saturated rings. The number of rotatable bonds is 7. The fraction of sp³-hybridized carbons (Fsp3) is 0.471. The number of aliphatic hydroxyl groups is 1. The Hall–Kier alpha value is -1.65. The van der Waals surface area contributed by atoms with Crippen LogP contribution in [0.25, 0.3) is 0 Å². The first-order valence-electron chi connectivity index (χ1n) is 7.46.